The van der Waals surface area contributed by atoms with Crippen LogP contribution in [0.1, 0.15) is 16.8 Å². The molecule has 0 bridgehead atoms. The first-order valence-electron chi connectivity index (χ1n) is 5.50. The lowest BCUT2D eigenvalue weighted by Crippen LogP contribution is -2.07. The molecule has 84 valence electrons. The predicted octanol–water partition coefficient (Wildman–Crippen LogP) is 1.96. The average molecular weight is 215 g/mol. The van der Waals surface area contributed by atoms with Crippen molar-refractivity contribution in [2.75, 3.05) is 7.05 Å². The highest BCUT2D eigenvalue weighted by Gasteiger charge is 1.99. The maximum atomic E-state index is 4.48. The molecule has 3 nitrogen and oxygen atoms in total. The number of nitrogens with zero attached hydrogens (tertiary/aromatic N) is 2. The molecule has 0 saturated carbocycles. The Morgan fingerprint density at radius 3 is 2.94 bits per heavy atom. The fourth-order valence-electron chi connectivity index (χ4n) is 1.76. The van der Waals surface area contributed by atoms with Crippen LogP contribution in [0.2, 0.25) is 0 Å². The first kappa shape index (κ1) is 10.9. The topological polar surface area (TPSA) is 29.9 Å². The van der Waals surface area contributed by atoms with E-state index in [1.54, 1.807) is 0 Å². The van der Waals surface area contributed by atoms with Crippen molar-refractivity contribution in [3.05, 3.63) is 53.3 Å². The largest absolute Gasteiger partial charge is 0.314 e. The molecule has 2 rings (SSSR count). The Labute approximate surface area is 96.1 Å². The van der Waals surface area contributed by atoms with Crippen LogP contribution < -0.4 is 5.32 Å². The van der Waals surface area contributed by atoms with Gasteiger partial charge in [0.25, 0.3) is 0 Å². The van der Waals surface area contributed by atoms with E-state index >= 15 is 0 Å². The number of aromatic nitrogens is 2. The summed E-state index contributed by atoms with van der Waals surface area (Å²) in [6, 6.07) is 10.6. The molecule has 0 amide bonds. The van der Waals surface area contributed by atoms with E-state index in [-0.39, 0.29) is 0 Å². The van der Waals surface area contributed by atoms with Crippen LogP contribution in [0.5, 0.6) is 0 Å². The highest BCUT2D eigenvalue weighted by molar-refractivity contribution is 5.22. The predicted molar refractivity (Wildman–Crippen MR) is 65.3 cm³/mol. The molecule has 0 aliphatic carbocycles. The standard InChI is InChI=1S/C13H17N3/c1-11-4-3-5-12(8-11)10-16-7-6-13(15-16)9-14-2/h3-8,14H,9-10H2,1-2H3. The van der Waals surface area contributed by atoms with Gasteiger partial charge < -0.3 is 5.32 Å². The molecule has 0 unspecified atom stereocenters. The maximum Gasteiger partial charge on any atom is 0.0762 e. The van der Waals surface area contributed by atoms with Crippen molar-refractivity contribution in [1.29, 1.82) is 0 Å². The van der Waals surface area contributed by atoms with Crippen LogP contribution in [0.15, 0.2) is 36.5 Å². The molecule has 1 aromatic carbocycles. The normalized spacial score (nSPS) is 10.6. The van der Waals surface area contributed by atoms with Crippen molar-refractivity contribution in [2.24, 2.45) is 0 Å². The minimum absolute atomic E-state index is 0.820. The van der Waals surface area contributed by atoms with Crippen molar-refractivity contribution in [2.45, 2.75) is 20.0 Å². The molecule has 2 aromatic rings. The van der Waals surface area contributed by atoms with Crippen LogP contribution >= 0.6 is 0 Å². The van der Waals surface area contributed by atoms with Crippen LogP contribution in [0, 0.1) is 6.92 Å². The summed E-state index contributed by atoms with van der Waals surface area (Å²) in [5, 5.41) is 7.57. The molecule has 3 heteroatoms. The Morgan fingerprint density at radius 1 is 1.31 bits per heavy atom. The highest BCUT2D eigenvalue weighted by Crippen LogP contribution is 2.06. The summed E-state index contributed by atoms with van der Waals surface area (Å²) in [5.41, 5.74) is 3.66. The molecule has 0 saturated heterocycles. The highest BCUT2D eigenvalue weighted by atomic mass is 15.3. The summed E-state index contributed by atoms with van der Waals surface area (Å²) in [4.78, 5) is 0. The summed E-state index contributed by atoms with van der Waals surface area (Å²) in [7, 11) is 1.93. The second-order valence-electron chi connectivity index (χ2n) is 4.02. The van der Waals surface area contributed by atoms with Gasteiger partial charge in [0.05, 0.1) is 12.2 Å². The second-order valence-corrected chi connectivity index (χ2v) is 4.02. The monoisotopic (exact) mass is 215 g/mol. The van der Waals surface area contributed by atoms with Gasteiger partial charge in [0, 0.05) is 12.7 Å². The fraction of sp³-hybridized carbons (Fsp3) is 0.308. The molecule has 16 heavy (non-hydrogen) atoms. The molecule has 0 spiro atoms. The number of rotatable bonds is 4. The third kappa shape index (κ3) is 2.70. The molecule has 1 heterocycles. The van der Waals surface area contributed by atoms with Crippen molar-refractivity contribution < 1.29 is 0 Å². The van der Waals surface area contributed by atoms with E-state index in [1.807, 2.05) is 24.0 Å². The zero-order valence-corrected chi connectivity index (χ0v) is 9.77. The maximum absolute atomic E-state index is 4.48. The SMILES string of the molecule is CNCc1ccn(Cc2cccc(C)c2)n1. The van der Waals surface area contributed by atoms with Crippen molar-refractivity contribution in [3.63, 3.8) is 0 Å². The van der Waals surface area contributed by atoms with E-state index < -0.39 is 0 Å². The minimum Gasteiger partial charge on any atom is -0.314 e. The van der Waals surface area contributed by atoms with Crippen molar-refractivity contribution >= 4 is 0 Å². The quantitative estimate of drug-likeness (QED) is 0.845. The van der Waals surface area contributed by atoms with Gasteiger partial charge in [0.15, 0.2) is 0 Å². The van der Waals surface area contributed by atoms with Crippen LogP contribution in [-0.4, -0.2) is 16.8 Å². The van der Waals surface area contributed by atoms with Gasteiger partial charge in [-0.15, -0.1) is 0 Å². The molecule has 1 N–H and O–H groups in total. The Kier molecular flexibility index (Phi) is 3.37. The van der Waals surface area contributed by atoms with Crippen LogP contribution in [0.3, 0.4) is 0 Å². The third-order valence-corrected chi connectivity index (χ3v) is 2.48. The van der Waals surface area contributed by atoms with Gasteiger partial charge in [0.1, 0.15) is 0 Å². The van der Waals surface area contributed by atoms with E-state index in [9.17, 15) is 0 Å². The zero-order valence-electron chi connectivity index (χ0n) is 9.77. The lowest BCUT2D eigenvalue weighted by Gasteiger charge is -2.03. The lowest BCUT2D eigenvalue weighted by molar-refractivity contribution is 0.658. The second kappa shape index (κ2) is 4.94. The molecular weight excluding hydrogens is 198 g/mol. The van der Waals surface area contributed by atoms with Crippen LogP contribution in [0.4, 0.5) is 0 Å². The summed E-state index contributed by atoms with van der Waals surface area (Å²) in [6.45, 7) is 3.77. The molecule has 0 aliphatic heterocycles. The van der Waals surface area contributed by atoms with Gasteiger partial charge in [-0.1, -0.05) is 29.8 Å². The Balaban J connectivity index is 2.08. The van der Waals surface area contributed by atoms with E-state index in [4.69, 9.17) is 0 Å². The number of aryl methyl sites for hydroxylation is 1. The third-order valence-electron chi connectivity index (χ3n) is 2.48. The number of benzene rings is 1. The van der Waals surface area contributed by atoms with Crippen LogP contribution in [-0.2, 0) is 13.1 Å². The Bertz CT molecular complexity index is 460. The van der Waals surface area contributed by atoms with Gasteiger partial charge in [0.2, 0.25) is 0 Å². The van der Waals surface area contributed by atoms with Gasteiger partial charge in [-0.2, -0.15) is 5.10 Å². The van der Waals surface area contributed by atoms with Crippen LogP contribution in [0.25, 0.3) is 0 Å². The Morgan fingerprint density at radius 2 is 2.19 bits per heavy atom. The summed E-state index contributed by atoms with van der Waals surface area (Å²) in [6.07, 6.45) is 2.02. The van der Waals surface area contributed by atoms with E-state index in [2.05, 4.69) is 41.6 Å². The van der Waals surface area contributed by atoms with Crippen molar-refractivity contribution in [3.8, 4) is 0 Å². The number of nitrogens with one attached hydrogen (secondary N) is 1. The van der Waals surface area contributed by atoms with Gasteiger partial charge in [-0.25, -0.2) is 0 Å². The van der Waals surface area contributed by atoms with Gasteiger partial charge in [-0.3, -0.25) is 4.68 Å². The molecule has 0 fully saturated rings. The minimum atomic E-state index is 0.820. The lowest BCUT2D eigenvalue weighted by atomic mass is 10.1. The van der Waals surface area contributed by atoms with E-state index in [0.29, 0.717) is 0 Å². The number of hydrogen-bond donors (Lipinski definition) is 1. The average Bonchev–Trinajstić information content (AvgIpc) is 2.66. The summed E-state index contributed by atoms with van der Waals surface area (Å²) >= 11 is 0. The van der Waals surface area contributed by atoms with E-state index in [1.165, 1.54) is 11.1 Å². The first-order valence-corrected chi connectivity index (χ1v) is 5.50. The Hall–Kier alpha value is -1.61. The van der Waals surface area contributed by atoms with Crippen molar-refractivity contribution in [1.82, 2.24) is 15.1 Å². The summed E-state index contributed by atoms with van der Waals surface area (Å²) < 4.78 is 1.97. The fourth-order valence-corrected chi connectivity index (χ4v) is 1.76. The van der Waals surface area contributed by atoms with E-state index in [0.717, 1.165) is 18.8 Å². The summed E-state index contributed by atoms with van der Waals surface area (Å²) in [5.74, 6) is 0. The molecule has 0 atom stereocenters. The zero-order chi connectivity index (χ0) is 11.4. The smallest absolute Gasteiger partial charge is 0.0762 e. The molecular formula is C13H17N3. The molecule has 1 aromatic heterocycles. The van der Waals surface area contributed by atoms with Gasteiger partial charge >= 0.3 is 0 Å². The number of hydrogen-bond acceptors (Lipinski definition) is 2. The molecule has 0 aliphatic rings. The molecule has 0 radical (unpaired) electrons. The van der Waals surface area contributed by atoms with Gasteiger partial charge in [-0.05, 0) is 25.6 Å². The first-order chi connectivity index (χ1) is 7.78.